The van der Waals surface area contributed by atoms with Crippen molar-refractivity contribution in [1.82, 2.24) is 0 Å². The summed E-state index contributed by atoms with van der Waals surface area (Å²) >= 11 is 0. The van der Waals surface area contributed by atoms with Crippen molar-refractivity contribution in [3.8, 4) is 11.5 Å². The van der Waals surface area contributed by atoms with Crippen molar-refractivity contribution in [3.63, 3.8) is 0 Å². The highest BCUT2D eigenvalue weighted by Gasteiger charge is 2.23. The average Bonchev–Trinajstić information content (AvgIpc) is 2.73. The smallest absolute Gasteiger partial charge is 0.331 e. The van der Waals surface area contributed by atoms with Gasteiger partial charge in [-0.25, -0.2) is 4.79 Å². The number of para-hydroxylation sites is 1. The van der Waals surface area contributed by atoms with Crippen molar-refractivity contribution < 1.29 is 23.8 Å². The van der Waals surface area contributed by atoms with Crippen LogP contribution in [0.15, 0.2) is 54.6 Å². The normalized spacial score (nSPS) is 11.7. The van der Waals surface area contributed by atoms with Crippen molar-refractivity contribution in [3.05, 3.63) is 60.2 Å². The van der Waals surface area contributed by atoms with Gasteiger partial charge in [0.2, 0.25) is 0 Å². The zero-order chi connectivity index (χ0) is 20.5. The molecule has 0 N–H and O–H groups in total. The third kappa shape index (κ3) is 5.36. The van der Waals surface area contributed by atoms with E-state index < -0.39 is 12.1 Å². The number of hydrogen-bond acceptors (Lipinski definition) is 5. The molecule has 28 heavy (non-hydrogen) atoms. The van der Waals surface area contributed by atoms with Crippen LogP contribution in [0, 0.1) is 0 Å². The lowest BCUT2D eigenvalue weighted by Crippen LogP contribution is -2.39. The number of likely N-dealkylation sites (N-methyl/N-ethyl adjacent to an activating group) is 1. The number of benzene rings is 2. The second-order valence-corrected chi connectivity index (χ2v) is 5.94. The highest BCUT2D eigenvalue weighted by molar-refractivity contribution is 5.98. The molecule has 0 radical (unpaired) electrons. The Kier molecular flexibility index (Phi) is 7.63. The number of rotatable bonds is 8. The highest BCUT2D eigenvalue weighted by atomic mass is 16.5. The number of esters is 1. The number of hydrogen-bond donors (Lipinski definition) is 0. The maximum Gasteiger partial charge on any atom is 0.331 e. The van der Waals surface area contributed by atoms with E-state index in [1.54, 1.807) is 50.3 Å². The molecule has 1 atom stereocenters. The molecule has 0 aromatic heterocycles. The van der Waals surface area contributed by atoms with Crippen LogP contribution < -0.4 is 14.4 Å². The van der Waals surface area contributed by atoms with E-state index >= 15 is 0 Å². The van der Waals surface area contributed by atoms with Gasteiger partial charge in [-0.15, -0.1) is 0 Å². The Balaban J connectivity index is 2.06. The number of ether oxygens (including phenoxy) is 3. The molecule has 1 amide bonds. The summed E-state index contributed by atoms with van der Waals surface area (Å²) in [4.78, 5) is 26.4. The predicted octanol–water partition coefficient (Wildman–Crippen LogP) is 3.70. The first-order valence-corrected chi connectivity index (χ1v) is 8.97. The van der Waals surface area contributed by atoms with Crippen LogP contribution in [0.3, 0.4) is 0 Å². The molecule has 2 aromatic rings. The van der Waals surface area contributed by atoms with Gasteiger partial charge in [0.25, 0.3) is 5.91 Å². The van der Waals surface area contributed by atoms with Crippen LogP contribution in [0.1, 0.15) is 19.4 Å². The van der Waals surface area contributed by atoms with Crippen molar-refractivity contribution >= 4 is 23.6 Å². The maximum atomic E-state index is 12.7. The van der Waals surface area contributed by atoms with Gasteiger partial charge in [0.05, 0.1) is 14.2 Å². The molecule has 0 saturated carbocycles. The Morgan fingerprint density at radius 3 is 2.39 bits per heavy atom. The number of methoxy groups -OCH3 is 2. The van der Waals surface area contributed by atoms with E-state index in [9.17, 15) is 9.59 Å². The van der Waals surface area contributed by atoms with Crippen molar-refractivity contribution in [2.24, 2.45) is 0 Å². The summed E-state index contributed by atoms with van der Waals surface area (Å²) in [6.07, 6.45) is 1.92. The Hall–Kier alpha value is -3.28. The van der Waals surface area contributed by atoms with Crippen LogP contribution >= 0.6 is 0 Å². The quantitative estimate of drug-likeness (QED) is 0.514. The number of amides is 1. The van der Waals surface area contributed by atoms with E-state index in [0.717, 1.165) is 5.69 Å². The minimum atomic E-state index is -0.912. The number of carbonyl (C=O) groups excluding carboxylic acids is 2. The zero-order valence-electron chi connectivity index (χ0n) is 16.5. The molecule has 6 nitrogen and oxygen atoms in total. The van der Waals surface area contributed by atoms with Gasteiger partial charge in [0.15, 0.2) is 6.10 Å². The zero-order valence-corrected chi connectivity index (χ0v) is 16.5. The van der Waals surface area contributed by atoms with E-state index in [1.165, 1.54) is 6.08 Å². The number of nitrogens with zero attached hydrogens (tertiary/aromatic N) is 1. The third-order valence-corrected chi connectivity index (χ3v) is 4.13. The summed E-state index contributed by atoms with van der Waals surface area (Å²) in [6, 6.07) is 14.5. The minimum Gasteiger partial charge on any atom is -0.497 e. The fourth-order valence-electron chi connectivity index (χ4n) is 2.68. The van der Waals surface area contributed by atoms with Gasteiger partial charge in [-0.05, 0) is 50.3 Å². The fourth-order valence-corrected chi connectivity index (χ4v) is 2.68. The van der Waals surface area contributed by atoms with Gasteiger partial charge < -0.3 is 19.1 Å². The van der Waals surface area contributed by atoms with E-state index in [-0.39, 0.29) is 5.91 Å². The summed E-state index contributed by atoms with van der Waals surface area (Å²) in [6.45, 7) is 3.90. The second-order valence-electron chi connectivity index (χ2n) is 5.94. The molecule has 0 unspecified atom stereocenters. The predicted molar refractivity (Wildman–Crippen MR) is 109 cm³/mol. The fraction of sp³-hybridized carbons (Fsp3) is 0.273. The van der Waals surface area contributed by atoms with Crippen LogP contribution in [0.5, 0.6) is 11.5 Å². The minimum absolute atomic E-state index is 0.283. The highest BCUT2D eigenvalue weighted by Crippen LogP contribution is 2.25. The van der Waals surface area contributed by atoms with Crippen LogP contribution in [0.4, 0.5) is 5.69 Å². The molecule has 0 spiro atoms. The maximum absolute atomic E-state index is 12.7. The summed E-state index contributed by atoms with van der Waals surface area (Å²) in [5, 5.41) is 0. The summed E-state index contributed by atoms with van der Waals surface area (Å²) in [5.74, 6) is 0.332. The van der Waals surface area contributed by atoms with Crippen LogP contribution in [-0.4, -0.2) is 38.7 Å². The van der Waals surface area contributed by atoms with Gasteiger partial charge in [0, 0.05) is 23.9 Å². The Morgan fingerprint density at radius 2 is 1.79 bits per heavy atom. The van der Waals surface area contributed by atoms with E-state index in [1.807, 2.05) is 37.3 Å². The third-order valence-electron chi connectivity index (χ3n) is 4.13. The average molecular weight is 383 g/mol. The molecule has 2 rings (SSSR count). The Bertz CT molecular complexity index is 832. The van der Waals surface area contributed by atoms with Crippen LogP contribution in [-0.2, 0) is 14.3 Å². The van der Waals surface area contributed by atoms with Crippen LogP contribution in [0.25, 0.3) is 6.08 Å². The molecule has 0 saturated heterocycles. The first kappa shape index (κ1) is 21.0. The molecule has 148 valence electrons. The lowest BCUT2D eigenvalue weighted by molar-refractivity contribution is -0.149. The molecule has 0 aliphatic heterocycles. The second kappa shape index (κ2) is 10.2. The van der Waals surface area contributed by atoms with E-state index in [0.29, 0.717) is 23.6 Å². The Labute approximate surface area is 165 Å². The van der Waals surface area contributed by atoms with Crippen molar-refractivity contribution in [2.45, 2.75) is 20.0 Å². The first-order valence-electron chi connectivity index (χ1n) is 8.97. The largest absolute Gasteiger partial charge is 0.497 e. The van der Waals surface area contributed by atoms with E-state index in [4.69, 9.17) is 14.2 Å². The van der Waals surface area contributed by atoms with Gasteiger partial charge in [-0.2, -0.15) is 0 Å². The number of carbonyl (C=O) groups is 2. The topological polar surface area (TPSA) is 65.1 Å². The van der Waals surface area contributed by atoms with Crippen LogP contribution in [0.2, 0.25) is 0 Å². The van der Waals surface area contributed by atoms with Gasteiger partial charge in [-0.1, -0.05) is 18.2 Å². The van der Waals surface area contributed by atoms with E-state index in [2.05, 4.69) is 0 Å². The first-order chi connectivity index (χ1) is 13.5. The van der Waals surface area contributed by atoms with Gasteiger partial charge in [0.1, 0.15) is 11.5 Å². The summed E-state index contributed by atoms with van der Waals surface area (Å²) < 4.78 is 15.7. The summed E-state index contributed by atoms with van der Waals surface area (Å²) in [7, 11) is 3.10. The molecule has 0 fully saturated rings. The molecule has 0 aliphatic rings. The SMILES string of the molecule is CCN(C(=O)[C@@H](C)OC(=O)/C=C/c1cc(OC)ccc1OC)c1ccccc1. The standard InChI is InChI=1S/C22H25NO5/c1-5-23(18-9-7-6-8-10-18)22(25)16(2)28-21(24)14-11-17-15-19(26-3)12-13-20(17)27-4/h6-16H,5H2,1-4H3/b14-11+/t16-/m1/s1. The molecule has 0 heterocycles. The molecule has 6 heteroatoms. The number of anilines is 1. The van der Waals surface area contributed by atoms with Gasteiger partial charge in [-0.3, -0.25) is 4.79 Å². The van der Waals surface area contributed by atoms with Crippen molar-refractivity contribution in [1.29, 1.82) is 0 Å². The molecule has 0 bridgehead atoms. The molecule has 0 aliphatic carbocycles. The van der Waals surface area contributed by atoms with Gasteiger partial charge >= 0.3 is 5.97 Å². The lowest BCUT2D eigenvalue weighted by atomic mass is 10.1. The van der Waals surface area contributed by atoms with Crippen molar-refractivity contribution in [2.75, 3.05) is 25.7 Å². The molecule has 2 aromatic carbocycles. The monoisotopic (exact) mass is 383 g/mol. The lowest BCUT2D eigenvalue weighted by Gasteiger charge is -2.24. The Morgan fingerprint density at radius 1 is 1.07 bits per heavy atom. The molecular formula is C22H25NO5. The molecular weight excluding hydrogens is 358 g/mol. The summed E-state index contributed by atoms with van der Waals surface area (Å²) in [5.41, 5.74) is 1.42.